The third-order valence-corrected chi connectivity index (χ3v) is 9.97. The molecule has 11 rings (SSSR count). The van der Waals surface area contributed by atoms with Gasteiger partial charge in [0, 0.05) is 49.1 Å². The maximum absolute atomic E-state index is 6.40. The Bertz CT molecular complexity index is 3030. The van der Waals surface area contributed by atoms with E-state index >= 15 is 0 Å². The molecule has 0 aliphatic carbocycles. The van der Waals surface area contributed by atoms with E-state index in [0.717, 1.165) is 71.6 Å². The lowest BCUT2D eigenvalue weighted by molar-refractivity contribution is 0.669. The Labute approximate surface area is 291 Å². The summed E-state index contributed by atoms with van der Waals surface area (Å²) in [5, 5.41) is 6.71. The molecule has 51 heavy (non-hydrogen) atoms. The molecule has 11 aromatic rings. The van der Waals surface area contributed by atoms with Gasteiger partial charge in [-0.25, -0.2) is 4.98 Å². The van der Waals surface area contributed by atoms with E-state index in [4.69, 9.17) is 19.4 Å². The molecule has 0 fully saturated rings. The SMILES string of the molecule is c1ccc(-c2nc(-c3ccccc3)nc(-n3c4cc(-n5c6ccccc6c6ccccc65)ccc4c4cc5oc6ccccc6c5cc43)n2)cc1. The summed E-state index contributed by atoms with van der Waals surface area (Å²) in [6.07, 6.45) is 0. The molecule has 0 saturated heterocycles. The van der Waals surface area contributed by atoms with Crippen molar-refractivity contribution in [2.45, 2.75) is 0 Å². The maximum Gasteiger partial charge on any atom is 0.238 e. The van der Waals surface area contributed by atoms with Gasteiger partial charge in [0.15, 0.2) is 11.6 Å². The number of nitrogens with zero attached hydrogens (tertiary/aromatic N) is 5. The van der Waals surface area contributed by atoms with Crippen molar-refractivity contribution < 1.29 is 4.42 Å². The van der Waals surface area contributed by atoms with E-state index < -0.39 is 0 Å². The Hall–Kier alpha value is -7.05. The minimum atomic E-state index is 0.550. The van der Waals surface area contributed by atoms with E-state index in [2.05, 4.69) is 100 Å². The zero-order valence-electron chi connectivity index (χ0n) is 27.2. The van der Waals surface area contributed by atoms with E-state index in [1.807, 2.05) is 72.8 Å². The first-order valence-corrected chi connectivity index (χ1v) is 17.0. The van der Waals surface area contributed by atoms with Crippen LogP contribution < -0.4 is 0 Å². The van der Waals surface area contributed by atoms with Crippen LogP contribution >= 0.6 is 0 Å². The van der Waals surface area contributed by atoms with E-state index in [1.165, 1.54) is 10.8 Å². The third-order valence-electron chi connectivity index (χ3n) is 9.97. The van der Waals surface area contributed by atoms with Crippen molar-refractivity contribution in [3.63, 3.8) is 0 Å². The summed E-state index contributed by atoms with van der Waals surface area (Å²) >= 11 is 0. The molecule has 0 atom stereocenters. The molecule has 6 heteroatoms. The number of fused-ring (bicyclic) bond motifs is 9. The first-order chi connectivity index (χ1) is 25.3. The summed E-state index contributed by atoms with van der Waals surface area (Å²) in [6.45, 7) is 0. The molecule has 4 aromatic heterocycles. The van der Waals surface area contributed by atoms with Gasteiger partial charge in [0.25, 0.3) is 0 Å². The highest BCUT2D eigenvalue weighted by molar-refractivity contribution is 6.17. The number of para-hydroxylation sites is 3. The van der Waals surface area contributed by atoms with Crippen LogP contribution in [-0.2, 0) is 0 Å². The van der Waals surface area contributed by atoms with E-state index in [9.17, 15) is 0 Å². The predicted octanol–water partition coefficient (Wildman–Crippen LogP) is 11.3. The minimum absolute atomic E-state index is 0.550. The molecule has 0 aliphatic rings. The molecule has 0 unspecified atom stereocenters. The van der Waals surface area contributed by atoms with Crippen molar-refractivity contribution >= 4 is 65.6 Å². The first kappa shape index (κ1) is 27.9. The molecule has 4 heterocycles. The molecular weight excluding hydrogens is 627 g/mol. The van der Waals surface area contributed by atoms with Crippen LogP contribution in [0.2, 0.25) is 0 Å². The van der Waals surface area contributed by atoms with Gasteiger partial charge < -0.3 is 8.98 Å². The van der Waals surface area contributed by atoms with Crippen LogP contribution in [-0.4, -0.2) is 24.1 Å². The molecular formula is C45H27N5O. The lowest BCUT2D eigenvalue weighted by Crippen LogP contribution is -2.06. The van der Waals surface area contributed by atoms with Crippen LogP contribution in [0.15, 0.2) is 168 Å². The van der Waals surface area contributed by atoms with Crippen molar-refractivity contribution in [1.29, 1.82) is 0 Å². The Kier molecular flexibility index (Phi) is 5.86. The standard InChI is InChI=1S/C45H27N5O/c1-3-13-28(14-4-1)43-46-44(29-15-5-2-6-16-29)48-45(47-43)50-39-25-30(49-37-20-10-7-17-31(37)32-18-8-11-21-38(32)49)23-24-33(39)35-27-42-36(26-40(35)50)34-19-9-12-22-41(34)51-42/h1-27H. The number of rotatable bonds is 4. The quantitative estimate of drug-likeness (QED) is 0.190. The van der Waals surface area contributed by atoms with Gasteiger partial charge >= 0.3 is 0 Å². The maximum atomic E-state index is 6.40. The smallest absolute Gasteiger partial charge is 0.238 e. The van der Waals surface area contributed by atoms with Crippen molar-refractivity contribution in [3.05, 3.63) is 164 Å². The van der Waals surface area contributed by atoms with E-state index in [1.54, 1.807) is 0 Å². The topological polar surface area (TPSA) is 61.7 Å². The van der Waals surface area contributed by atoms with Crippen LogP contribution in [0.25, 0.3) is 100.0 Å². The summed E-state index contributed by atoms with van der Waals surface area (Å²) in [5.74, 6) is 1.78. The summed E-state index contributed by atoms with van der Waals surface area (Å²) in [6, 6.07) is 56.7. The number of aromatic nitrogens is 5. The number of benzene rings is 7. The highest BCUT2D eigenvalue weighted by atomic mass is 16.3. The number of furan rings is 1. The largest absolute Gasteiger partial charge is 0.456 e. The molecule has 0 aliphatic heterocycles. The minimum Gasteiger partial charge on any atom is -0.456 e. The molecule has 0 saturated carbocycles. The number of hydrogen-bond acceptors (Lipinski definition) is 4. The Morgan fingerprint density at radius 2 is 0.902 bits per heavy atom. The fraction of sp³-hybridized carbons (Fsp3) is 0. The Morgan fingerprint density at radius 1 is 0.353 bits per heavy atom. The average Bonchev–Trinajstić information content (AvgIpc) is 3.84. The van der Waals surface area contributed by atoms with Gasteiger partial charge in [0.1, 0.15) is 11.2 Å². The summed E-state index contributed by atoms with van der Waals surface area (Å²) < 4.78 is 11.0. The Balaban J connectivity index is 1.27. The van der Waals surface area contributed by atoms with Crippen molar-refractivity contribution in [2.24, 2.45) is 0 Å². The predicted molar refractivity (Wildman–Crippen MR) is 207 cm³/mol. The highest BCUT2D eigenvalue weighted by Crippen LogP contribution is 2.40. The fourth-order valence-electron chi connectivity index (χ4n) is 7.68. The molecule has 0 N–H and O–H groups in total. The summed E-state index contributed by atoms with van der Waals surface area (Å²) in [4.78, 5) is 15.4. The zero-order valence-corrected chi connectivity index (χ0v) is 27.2. The second kappa shape index (κ2) is 10.7. The molecule has 6 nitrogen and oxygen atoms in total. The zero-order chi connectivity index (χ0) is 33.5. The second-order valence-corrected chi connectivity index (χ2v) is 12.9. The lowest BCUT2D eigenvalue weighted by atomic mass is 10.1. The van der Waals surface area contributed by atoms with Crippen LogP contribution in [0.4, 0.5) is 0 Å². The fourth-order valence-corrected chi connectivity index (χ4v) is 7.68. The van der Waals surface area contributed by atoms with Gasteiger partial charge in [-0.3, -0.25) is 4.57 Å². The van der Waals surface area contributed by atoms with Crippen molar-refractivity contribution in [3.8, 4) is 34.4 Å². The highest BCUT2D eigenvalue weighted by Gasteiger charge is 2.21. The summed E-state index contributed by atoms with van der Waals surface area (Å²) in [5.41, 5.74) is 8.91. The van der Waals surface area contributed by atoms with Gasteiger partial charge in [-0.1, -0.05) is 121 Å². The van der Waals surface area contributed by atoms with Gasteiger partial charge in [-0.15, -0.1) is 0 Å². The van der Waals surface area contributed by atoms with Gasteiger partial charge in [0.05, 0.1) is 22.1 Å². The third kappa shape index (κ3) is 4.20. The first-order valence-electron chi connectivity index (χ1n) is 17.0. The van der Waals surface area contributed by atoms with E-state index in [-0.39, 0.29) is 0 Å². The molecule has 0 bridgehead atoms. The molecule has 0 radical (unpaired) electrons. The molecule has 238 valence electrons. The van der Waals surface area contributed by atoms with Gasteiger partial charge in [0.2, 0.25) is 5.95 Å². The van der Waals surface area contributed by atoms with Crippen LogP contribution in [0.5, 0.6) is 0 Å². The van der Waals surface area contributed by atoms with Gasteiger partial charge in [-0.2, -0.15) is 9.97 Å². The molecule has 7 aromatic carbocycles. The Morgan fingerprint density at radius 3 is 1.57 bits per heavy atom. The van der Waals surface area contributed by atoms with E-state index in [0.29, 0.717) is 17.6 Å². The molecule has 0 amide bonds. The van der Waals surface area contributed by atoms with Crippen LogP contribution in [0.1, 0.15) is 0 Å². The van der Waals surface area contributed by atoms with Crippen molar-refractivity contribution in [1.82, 2.24) is 24.1 Å². The average molecular weight is 654 g/mol. The monoisotopic (exact) mass is 653 g/mol. The van der Waals surface area contributed by atoms with Crippen molar-refractivity contribution in [2.75, 3.05) is 0 Å². The van der Waals surface area contributed by atoms with Crippen LogP contribution in [0, 0.1) is 0 Å². The van der Waals surface area contributed by atoms with Crippen LogP contribution in [0.3, 0.4) is 0 Å². The van der Waals surface area contributed by atoms with Gasteiger partial charge in [-0.05, 0) is 42.5 Å². The number of hydrogen-bond donors (Lipinski definition) is 0. The second-order valence-electron chi connectivity index (χ2n) is 12.9. The molecule has 0 spiro atoms. The lowest BCUT2D eigenvalue weighted by Gasteiger charge is -2.12. The normalized spacial score (nSPS) is 11.9. The summed E-state index contributed by atoms with van der Waals surface area (Å²) in [7, 11) is 0.